The fourth-order valence-corrected chi connectivity index (χ4v) is 2.32. The van der Waals surface area contributed by atoms with Gasteiger partial charge in [-0.25, -0.2) is 4.98 Å². The smallest absolute Gasteiger partial charge is 0.109 e. The molecule has 1 aromatic rings. The number of nitrogens with one attached hydrogen (secondary N) is 1. The molecule has 0 amide bonds. The zero-order valence-electron chi connectivity index (χ0n) is 10.6. The second kappa shape index (κ2) is 4.21. The highest BCUT2D eigenvalue weighted by atomic mass is 14.9. The maximum Gasteiger partial charge on any atom is 0.109 e. The van der Waals surface area contributed by atoms with E-state index in [1.807, 2.05) is 6.20 Å². The van der Waals surface area contributed by atoms with Gasteiger partial charge in [0.2, 0.25) is 0 Å². The number of hydrogen-bond acceptors (Lipinski definition) is 2. The first-order chi connectivity index (χ1) is 7.47. The van der Waals surface area contributed by atoms with Crippen LogP contribution in [0.5, 0.6) is 0 Å². The van der Waals surface area contributed by atoms with E-state index in [0.717, 1.165) is 18.7 Å². The van der Waals surface area contributed by atoms with Crippen molar-refractivity contribution in [2.75, 3.05) is 0 Å². The Labute approximate surface area is 97.8 Å². The number of nitrogens with two attached hydrogens (primary N) is 1. The first-order valence-corrected chi connectivity index (χ1v) is 6.28. The van der Waals surface area contributed by atoms with E-state index in [9.17, 15) is 0 Å². The van der Waals surface area contributed by atoms with Gasteiger partial charge in [-0.1, -0.05) is 20.8 Å². The van der Waals surface area contributed by atoms with Gasteiger partial charge in [0.15, 0.2) is 0 Å². The summed E-state index contributed by atoms with van der Waals surface area (Å²) >= 11 is 0. The highest BCUT2D eigenvalue weighted by molar-refractivity contribution is 5.13. The lowest BCUT2D eigenvalue weighted by Crippen LogP contribution is -2.26. The summed E-state index contributed by atoms with van der Waals surface area (Å²) in [6.45, 7) is 6.63. The van der Waals surface area contributed by atoms with Crippen LogP contribution in [0, 0.1) is 0 Å². The van der Waals surface area contributed by atoms with Crippen molar-refractivity contribution < 1.29 is 0 Å². The van der Waals surface area contributed by atoms with E-state index in [-0.39, 0.29) is 5.41 Å². The van der Waals surface area contributed by atoms with Crippen molar-refractivity contribution in [1.82, 2.24) is 9.97 Å². The van der Waals surface area contributed by atoms with Gasteiger partial charge in [-0.2, -0.15) is 0 Å². The molecule has 1 aliphatic carbocycles. The molecule has 0 radical (unpaired) electrons. The molecule has 3 heteroatoms. The summed E-state index contributed by atoms with van der Waals surface area (Å²) in [5.41, 5.74) is 7.32. The van der Waals surface area contributed by atoms with E-state index in [2.05, 4.69) is 30.7 Å². The molecule has 0 aliphatic heterocycles. The Balaban J connectivity index is 2.08. The minimum Gasteiger partial charge on any atom is -0.345 e. The predicted octanol–water partition coefficient (Wildman–Crippen LogP) is 2.69. The summed E-state index contributed by atoms with van der Waals surface area (Å²) in [7, 11) is 0. The molecular formula is C13H23N3. The Morgan fingerprint density at radius 2 is 1.88 bits per heavy atom. The zero-order valence-corrected chi connectivity index (χ0v) is 10.6. The summed E-state index contributed by atoms with van der Waals surface area (Å²) in [6, 6.07) is 0.410. The summed E-state index contributed by atoms with van der Waals surface area (Å²) in [5.74, 6) is 1.76. The van der Waals surface area contributed by atoms with Crippen molar-refractivity contribution in [3.63, 3.8) is 0 Å². The highest BCUT2D eigenvalue weighted by Gasteiger charge is 2.24. The molecule has 0 saturated heterocycles. The van der Waals surface area contributed by atoms with E-state index in [0.29, 0.717) is 12.0 Å². The lowest BCUT2D eigenvalue weighted by molar-refractivity contribution is 0.385. The van der Waals surface area contributed by atoms with Crippen molar-refractivity contribution in [2.45, 2.75) is 63.8 Å². The topological polar surface area (TPSA) is 54.7 Å². The quantitative estimate of drug-likeness (QED) is 0.766. The maximum atomic E-state index is 5.92. The van der Waals surface area contributed by atoms with Crippen LogP contribution in [-0.2, 0) is 5.41 Å². The van der Waals surface area contributed by atoms with Crippen molar-refractivity contribution in [2.24, 2.45) is 5.73 Å². The zero-order chi connectivity index (χ0) is 11.8. The molecule has 0 spiro atoms. The molecule has 1 aliphatic rings. The number of imidazole rings is 1. The van der Waals surface area contributed by atoms with E-state index in [4.69, 9.17) is 5.73 Å². The van der Waals surface area contributed by atoms with Gasteiger partial charge in [-0.05, 0) is 25.7 Å². The van der Waals surface area contributed by atoms with Gasteiger partial charge in [0.05, 0.1) is 0 Å². The number of aromatic nitrogens is 2. The van der Waals surface area contributed by atoms with Crippen LogP contribution < -0.4 is 5.73 Å². The Kier molecular flexibility index (Phi) is 3.06. The third-order valence-corrected chi connectivity index (χ3v) is 3.56. The molecule has 1 saturated carbocycles. The van der Waals surface area contributed by atoms with Crippen LogP contribution in [0.4, 0.5) is 0 Å². The lowest BCUT2D eigenvalue weighted by atomic mass is 9.86. The number of rotatable bonds is 1. The monoisotopic (exact) mass is 221 g/mol. The standard InChI is InChI=1S/C13H23N3/c1-13(2,3)11-8-15-12(16-11)9-4-6-10(14)7-5-9/h8-10H,4-7,14H2,1-3H3,(H,15,16). The fourth-order valence-electron chi connectivity index (χ4n) is 2.32. The summed E-state index contributed by atoms with van der Waals surface area (Å²) in [4.78, 5) is 8.02. The predicted molar refractivity (Wildman–Crippen MR) is 66.5 cm³/mol. The van der Waals surface area contributed by atoms with Gasteiger partial charge in [-0.15, -0.1) is 0 Å². The fraction of sp³-hybridized carbons (Fsp3) is 0.769. The Hall–Kier alpha value is -0.830. The summed E-state index contributed by atoms with van der Waals surface area (Å²) < 4.78 is 0. The van der Waals surface area contributed by atoms with Gasteiger partial charge in [-0.3, -0.25) is 0 Å². The second-order valence-electron chi connectivity index (χ2n) is 6.04. The molecule has 2 rings (SSSR count). The molecular weight excluding hydrogens is 198 g/mol. The number of aromatic amines is 1. The van der Waals surface area contributed by atoms with Gasteiger partial charge < -0.3 is 10.7 Å². The maximum absolute atomic E-state index is 5.92. The lowest BCUT2D eigenvalue weighted by Gasteiger charge is -2.24. The van der Waals surface area contributed by atoms with Crippen LogP contribution >= 0.6 is 0 Å². The third-order valence-electron chi connectivity index (χ3n) is 3.56. The Morgan fingerprint density at radius 1 is 1.25 bits per heavy atom. The summed E-state index contributed by atoms with van der Waals surface area (Å²) in [5, 5.41) is 0. The normalized spacial score (nSPS) is 27.0. The Bertz CT molecular complexity index is 340. The van der Waals surface area contributed by atoms with Crippen LogP contribution in [0.2, 0.25) is 0 Å². The van der Waals surface area contributed by atoms with Crippen LogP contribution in [0.15, 0.2) is 6.20 Å². The highest BCUT2D eigenvalue weighted by Crippen LogP contribution is 2.31. The van der Waals surface area contributed by atoms with Crippen LogP contribution in [0.1, 0.15) is 63.9 Å². The molecule has 3 nitrogen and oxygen atoms in total. The summed E-state index contributed by atoms with van der Waals surface area (Å²) in [6.07, 6.45) is 6.62. The van der Waals surface area contributed by atoms with Gasteiger partial charge in [0, 0.05) is 29.3 Å². The Morgan fingerprint density at radius 3 is 2.38 bits per heavy atom. The van der Waals surface area contributed by atoms with Crippen LogP contribution in [0.25, 0.3) is 0 Å². The SMILES string of the molecule is CC(C)(C)c1cnc(C2CCC(N)CC2)[nH]1. The van der Waals surface area contributed by atoms with Crippen LogP contribution in [-0.4, -0.2) is 16.0 Å². The van der Waals surface area contributed by atoms with Crippen LogP contribution in [0.3, 0.4) is 0 Å². The van der Waals surface area contributed by atoms with E-state index in [1.54, 1.807) is 0 Å². The molecule has 1 fully saturated rings. The molecule has 0 unspecified atom stereocenters. The van der Waals surface area contributed by atoms with Gasteiger partial charge in [0.25, 0.3) is 0 Å². The number of nitrogens with zero attached hydrogens (tertiary/aromatic N) is 1. The van der Waals surface area contributed by atoms with Gasteiger partial charge >= 0.3 is 0 Å². The average Bonchev–Trinajstić information content (AvgIpc) is 2.67. The van der Waals surface area contributed by atoms with Crippen molar-refractivity contribution in [3.05, 3.63) is 17.7 Å². The van der Waals surface area contributed by atoms with Crippen molar-refractivity contribution in [1.29, 1.82) is 0 Å². The average molecular weight is 221 g/mol. The van der Waals surface area contributed by atoms with Gasteiger partial charge in [0.1, 0.15) is 5.82 Å². The molecule has 1 heterocycles. The van der Waals surface area contributed by atoms with E-state index in [1.165, 1.54) is 18.5 Å². The number of H-pyrrole nitrogens is 1. The molecule has 0 bridgehead atoms. The largest absolute Gasteiger partial charge is 0.345 e. The first kappa shape index (κ1) is 11.6. The molecule has 90 valence electrons. The minimum atomic E-state index is 0.163. The molecule has 0 aromatic carbocycles. The number of hydrogen-bond donors (Lipinski definition) is 2. The second-order valence-corrected chi connectivity index (χ2v) is 6.04. The van der Waals surface area contributed by atoms with E-state index < -0.39 is 0 Å². The third kappa shape index (κ3) is 2.46. The molecule has 3 N–H and O–H groups in total. The first-order valence-electron chi connectivity index (χ1n) is 6.28. The van der Waals surface area contributed by atoms with Crippen molar-refractivity contribution >= 4 is 0 Å². The van der Waals surface area contributed by atoms with E-state index >= 15 is 0 Å². The molecule has 16 heavy (non-hydrogen) atoms. The molecule has 1 aromatic heterocycles. The van der Waals surface area contributed by atoms with Crippen molar-refractivity contribution in [3.8, 4) is 0 Å². The molecule has 0 atom stereocenters. The minimum absolute atomic E-state index is 0.163.